The van der Waals surface area contributed by atoms with Gasteiger partial charge in [-0.1, -0.05) is 30.3 Å². The first-order valence-electron chi connectivity index (χ1n) is 8.45. The maximum absolute atomic E-state index is 13.5. The minimum Gasteiger partial charge on any atom is -0.479 e. The molecule has 6 heteroatoms. The van der Waals surface area contributed by atoms with Crippen LogP contribution in [0, 0.1) is 5.82 Å². The number of ether oxygens (including phenoxy) is 2. The molecule has 0 unspecified atom stereocenters. The highest BCUT2D eigenvalue weighted by molar-refractivity contribution is 5.99. The van der Waals surface area contributed by atoms with Gasteiger partial charge in [-0.2, -0.15) is 0 Å². The second kappa shape index (κ2) is 7.56. The lowest BCUT2D eigenvalue weighted by molar-refractivity contribution is -0.155. The van der Waals surface area contributed by atoms with Crippen LogP contribution in [-0.2, 0) is 20.7 Å². The summed E-state index contributed by atoms with van der Waals surface area (Å²) in [7, 11) is 0. The van der Waals surface area contributed by atoms with E-state index < -0.39 is 24.5 Å². The lowest BCUT2D eigenvalue weighted by Gasteiger charge is -2.25. The molecule has 0 bridgehead atoms. The number of hydrogen-bond acceptors (Lipinski definition) is 4. The molecule has 3 rings (SSSR count). The van der Waals surface area contributed by atoms with Crippen LogP contribution in [0.2, 0.25) is 0 Å². The molecule has 0 N–H and O–H groups in total. The standard InChI is InChI=1S/C20H20FNO4/c1-13-11-15-7-3-5-9-17(15)22(13)20(24)14(2)26-19(23)12-25-18-10-6-4-8-16(18)21/h3-10,13-14H,11-12H2,1-2H3/t13-,14-/m0/s1. The largest absolute Gasteiger partial charge is 0.479 e. The Morgan fingerprint density at radius 1 is 1.19 bits per heavy atom. The van der Waals surface area contributed by atoms with E-state index >= 15 is 0 Å². The third kappa shape index (κ3) is 3.69. The van der Waals surface area contributed by atoms with E-state index in [0.717, 1.165) is 17.7 Å². The van der Waals surface area contributed by atoms with E-state index in [4.69, 9.17) is 9.47 Å². The second-order valence-corrected chi connectivity index (χ2v) is 6.24. The van der Waals surface area contributed by atoms with Crippen molar-refractivity contribution in [1.82, 2.24) is 0 Å². The van der Waals surface area contributed by atoms with Crippen LogP contribution in [-0.4, -0.2) is 30.6 Å². The molecule has 0 saturated heterocycles. The predicted molar refractivity (Wildman–Crippen MR) is 94.5 cm³/mol. The molecule has 5 nitrogen and oxygen atoms in total. The van der Waals surface area contributed by atoms with Crippen LogP contribution in [0.4, 0.5) is 10.1 Å². The van der Waals surface area contributed by atoms with Crippen LogP contribution in [0.3, 0.4) is 0 Å². The summed E-state index contributed by atoms with van der Waals surface area (Å²) < 4.78 is 23.8. The average Bonchev–Trinajstić information content (AvgIpc) is 2.96. The average molecular weight is 357 g/mol. The Labute approximate surface area is 151 Å². The Balaban J connectivity index is 1.59. The van der Waals surface area contributed by atoms with Gasteiger partial charge in [-0.3, -0.25) is 4.79 Å². The summed E-state index contributed by atoms with van der Waals surface area (Å²) >= 11 is 0. The zero-order valence-electron chi connectivity index (χ0n) is 14.6. The third-order valence-corrected chi connectivity index (χ3v) is 4.28. The molecule has 0 saturated carbocycles. The van der Waals surface area contributed by atoms with Gasteiger partial charge in [0, 0.05) is 11.7 Å². The topological polar surface area (TPSA) is 55.8 Å². The summed E-state index contributed by atoms with van der Waals surface area (Å²) in [5, 5.41) is 0. The van der Waals surface area contributed by atoms with Crippen molar-refractivity contribution in [1.29, 1.82) is 0 Å². The summed E-state index contributed by atoms with van der Waals surface area (Å²) in [6.07, 6.45) is -0.195. The third-order valence-electron chi connectivity index (χ3n) is 4.28. The van der Waals surface area contributed by atoms with Crippen LogP contribution in [0.25, 0.3) is 0 Å². The lowest BCUT2D eigenvalue weighted by Crippen LogP contribution is -2.43. The highest BCUT2D eigenvalue weighted by atomic mass is 19.1. The molecule has 2 atom stereocenters. The number of carbonyl (C=O) groups excluding carboxylic acids is 2. The molecule has 2 aromatic carbocycles. The van der Waals surface area contributed by atoms with Crippen LogP contribution in [0.5, 0.6) is 5.75 Å². The van der Waals surface area contributed by atoms with E-state index in [2.05, 4.69) is 0 Å². The lowest BCUT2D eigenvalue weighted by atomic mass is 10.1. The fourth-order valence-electron chi connectivity index (χ4n) is 3.08. The number of anilines is 1. The van der Waals surface area contributed by atoms with Crippen molar-refractivity contribution in [3.63, 3.8) is 0 Å². The molecule has 1 heterocycles. The van der Waals surface area contributed by atoms with Crippen molar-refractivity contribution >= 4 is 17.6 Å². The molecule has 1 amide bonds. The SMILES string of the molecule is C[C@H](OC(=O)COc1ccccc1F)C(=O)N1c2ccccc2C[C@@H]1C. The Kier molecular flexibility index (Phi) is 5.21. The molecule has 0 aromatic heterocycles. The Morgan fingerprint density at radius 3 is 2.65 bits per heavy atom. The highest BCUT2D eigenvalue weighted by Crippen LogP contribution is 2.32. The van der Waals surface area contributed by atoms with Crippen molar-refractivity contribution < 1.29 is 23.5 Å². The van der Waals surface area contributed by atoms with E-state index in [9.17, 15) is 14.0 Å². The van der Waals surface area contributed by atoms with E-state index in [0.29, 0.717) is 0 Å². The summed E-state index contributed by atoms with van der Waals surface area (Å²) in [4.78, 5) is 26.3. The molecule has 1 aliphatic heterocycles. The number of benzene rings is 2. The van der Waals surface area contributed by atoms with Gasteiger partial charge in [0.2, 0.25) is 0 Å². The molecule has 0 spiro atoms. The molecule has 26 heavy (non-hydrogen) atoms. The smallest absolute Gasteiger partial charge is 0.344 e. The first kappa shape index (κ1) is 17.9. The van der Waals surface area contributed by atoms with E-state index in [1.54, 1.807) is 11.0 Å². The van der Waals surface area contributed by atoms with Gasteiger partial charge in [0.1, 0.15) is 0 Å². The fourth-order valence-corrected chi connectivity index (χ4v) is 3.08. The summed E-state index contributed by atoms with van der Waals surface area (Å²) in [5.74, 6) is -1.62. The van der Waals surface area contributed by atoms with Gasteiger partial charge in [0.25, 0.3) is 5.91 Å². The number of esters is 1. The number of amides is 1. The molecule has 1 aliphatic rings. The van der Waals surface area contributed by atoms with Crippen molar-refractivity contribution in [3.05, 3.63) is 59.9 Å². The number of hydrogen-bond donors (Lipinski definition) is 0. The predicted octanol–water partition coefficient (Wildman–Crippen LogP) is 3.11. The van der Waals surface area contributed by atoms with Gasteiger partial charge in [-0.15, -0.1) is 0 Å². The van der Waals surface area contributed by atoms with Gasteiger partial charge in [-0.25, -0.2) is 9.18 Å². The number of para-hydroxylation sites is 2. The number of halogens is 1. The number of nitrogens with zero attached hydrogens (tertiary/aromatic N) is 1. The maximum atomic E-state index is 13.5. The quantitative estimate of drug-likeness (QED) is 0.772. The molecule has 0 fully saturated rings. The molecular weight excluding hydrogens is 337 g/mol. The highest BCUT2D eigenvalue weighted by Gasteiger charge is 2.34. The first-order valence-corrected chi connectivity index (χ1v) is 8.45. The summed E-state index contributed by atoms with van der Waals surface area (Å²) in [5.41, 5.74) is 1.94. The fraction of sp³-hybridized carbons (Fsp3) is 0.300. The van der Waals surface area contributed by atoms with Crippen LogP contribution in [0.1, 0.15) is 19.4 Å². The summed E-state index contributed by atoms with van der Waals surface area (Å²) in [6.45, 7) is 3.01. The van der Waals surface area contributed by atoms with Crippen LogP contribution >= 0.6 is 0 Å². The van der Waals surface area contributed by atoms with Crippen LogP contribution in [0.15, 0.2) is 48.5 Å². The van der Waals surface area contributed by atoms with Crippen molar-refractivity contribution in [3.8, 4) is 5.75 Å². The zero-order chi connectivity index (χ0) is 18.7. The Morgan fingerprint density at radius 2 is 1.88 bits per heavy atom. The minimum atomic E-state index is -0.958. The van der Waals surface area contributed by atoms with E-state index in [1.807, 2.05) is 31.2 Å². The molecule has 0 radical (unpaired) electrons. The number of carbonyl (C=O) groups is 2. The van der Waals surface area contributed by atoms with Gasteiger partial charge in [0.15, 0.2) is 24.3 Å². The minimum absolute atomic E-state index is 0.00397. The summed E-state index contributed by atoms with van der Waals surface area (Å²) in [6, 6.07) is 13.4. The second-order valence-electron chi connectivity index (χ2n) is 6.24. The van der Waals surface area contributed by atoms with Crippen molar-refractivity contribution in [2.24, 2.45) is 0 Å². The molecule has 136 valence electrons. The first-order chi connectivity index (χ1) is 12.5. The van der Waals surface area contributed by atoms with Gasteiger partial charge < -0.3 is 14.4 Å². The molecule has 2 aromatic rings. The Hall–Kier alpha value is -2.89. The maximum Gasteiger partial charge on any atom is 0.344 e. The zero-order valence-corrected chi connectivity index (χ0v) is 14.6. The normalized spacial score (nSPS) is 16.7. The van der Waals surface area contributed by atoms with Crippen molar-refractivity contribution in [2.75, 3.05) is 11.5 Å². The van der Waals surface area contributed by atoms with Crippen molar-refractivity contribution in [2.45, 2.75) is 32.4 Å². The van der Waals surface area contributed by atoms with Gasteiger partial charge in [0.05, 0.1) is 0 Å². The molecule has 0 aliphatic carbocycles. The van der Waals surface area contributed by atoms with Crippen LogP contribution < -0.4 is 9.64 Å². The van der Waals surface area contributed by atoms with Gasteiger partial charge in [-0.05, 0) is 44.0 Å². The van der Waals surface area contributed by atoms with E-state index in [1.165, 1.54) is 25.1 Å². The Bertz CT molecular complexity index is 823. The number of fused-ring (bicyclic) bond motifs is 1. The van der Waals surface area contributed by atoms with Gasteiger partial charge >= 0.3 is 5.97 Å². The number of rotatable bonds is 5. The van der Waals surface area contributed by atoms with E-state index in [-0.39, 0.29) is 17.7 Å². The monoisotopic (exact) mass is 357 g/mol. The molecular formula is C20H20FNO4.